The van der Waals surface area contributed by atoms with Gasteiger partial charge in [-0.15, -0.1) is 0 Å². The third-order valence-electron chi connectivity index (χ3n) is 3.90. The molecule has 0 bridgehead atoms. The first-order valence-corrected chi connectivity index (χ1v) is 9.34. The molecule has 0 fully saturated rings. The highest BCUT2D eigenvalue weighted by Gasteiger charge is 2.15. The maximum atomic E-state index is 13.7. The fourth-order valence-corrected chi connectivity index (χ4v) is 2.69. The number of amides is 2. The quantitative estimate of drug-likeness (QED) is 0.561. The van der Waals surface area contributed by atoms with Crippen LogP contribution in [0.25, 0.3) is 0 Å². The third-order valence-corrected chi connectivity index (χ3v) is 4.40. The van der Waals surface area contributed by atoms with Crippen molar-refractivity contribution >= 4 is 39.1 Å². The Morgan fingerprint density at radius 3 is 2.48 bits per heavy atom. The van der Waals surface area contributed by atoms with Crippen LogP contribution in [-0.4, -0.2) is 33.2 Å². The minimum Gasteiger partial charge on any atom is -0.481 e. The van der Waals surface area contributed by atoms with Crippen molar-refractivity contribution in [1.29, 1.82) is 0 Å². The number of carbonyl (C=O) groups excluding carboxylic acids is 2. The van der Waals surface area contributed by atoms with Crippen molar-refractivity contribution in [2.45, 2.75) is 13.0 Å². The molecule has 0 aliphatic heterocycles. The number of benzene rings is 2. The number of carbonyl (C=O) groups is 2. The van der Waals surface area contributed by atoms with Crippen molar-refractivity contribution in [3.8, 4) is 5.75 Å². The summed E-state index contributed by atoms with van der Waals surface area (Å²) in [6.07, 6.45) is 2.82. The molecule has 1 heterocycles. The van der Waals surface area contributed by atoms with Crippen molar-refractivity contribution in [3.05, 3.63) is 65.4 Å². The van der Waals surface area contributed by atoms with E-state index in [0.717, 1.165) is 0 Å². The molecule has 2 aromatic carbocycles. The summed E-state index contributed by atoms with van der Waals surface area (Å²) in [6.45, 7) is 1.36. The summed E-state index contributed by atoms with van der Waals surface area (Å²) in [5.74, 6) is -1.27. The molecule has 0 aliphatic rings. The summed E-state index contributed by atoms with van der Waals surface area (Å²) in [4.78, 5) is 28.0. The van der Waals surface area contributed by atoms with Crippen molar-refractivity contribution in [3.63, 3.8) is 0 Å². The standard InChI is InChI=1S/C19H17BrFN5O3/c1-12(26-11-22-10-23-26)19(28)25-15-5-3-14(4-6-15)24-18(27)9-29-17-7-2-13(20)8-16(17)21/h2-8,10-12H,9H2,1H3,(H,24,27)(H,25,28). The van der Waals surface area contributed by atoms with E-state index >= 15 is 0 Å². The van der Waals surface area contributed by atoms with Crippen molar-refractivity contribution in [2.24, 2.45) is 0 Å². The van der Waals surface area contributed by atoms with E-state index in [9.17, 15) is 14.0 Å². The predicted octanol–water partition coefficient (Wildman–Crippen LogP) is 3.40. The Bertz CT molecular complexity index is 996. The Morgan fingerprint density at radius 2 is 1.86 bits per heavy atom. The summed E-state index contributed by atoms with van der Waals surface area (Å²) >= 11 is 3.15. The van der Waals surface area contributed by atoms with Crippen LogP contribution >= 0.6 is 15.9 Å². The van der Waals surface area contributed by atoms with E-state index in [2.05, 4.69) is 36.6 Å². The fourth-order valence-electron chi connectivity index (χ4n) is 2.35. The first-order valence-electron chi connectivity index (χ1n) is 8.55. The summed E-state index contributed by atoms with van der Waals surface area (Å²) in [5.41, 5.74) is 1.07. The topological polar surface area (TPSA) is 98.1 Å². The van der Waals surface area contributed by atoms with Crippen molar-refractivity contribution < 1.29 is 18.7 Å². The second-order valence-electron chi connectivity index (χ2n) is 6.03. The number of ether oxygens (including phenoxy) is 1. The van der Waals surface area contributed by atoms with Crippen LogP contribution in [0.5, 0.6) is 5.75 Å². The molecule has 0 spiro atoms. The Balaban J connectivity index is 1.50. The molecule has 1 aromatic heterocycles. The highest BCUT2D eigenvalue weighted by atomic mass is 79.9. The maximum absolute atomic E-state index is 13.7. The summed E-state index contributed by atoms with van der Waals surface area (Å²) < 4.78 is 20.9. The molecule has 10 heteroatoms. The van der Waals surface area contributed by atoms with E-state index in [4.69, 9.17) is 4.74 Å². The average molecular weight is 462 g/mol. The summed E-state index contributed by atoms with van der Waals surface area (Å²) in [7, 11) is 0. The lowest BCUT2D eigenvalue weighted by Gasteiger charge is -2.13. The van der Waals surface area contributed by atoms with Gasteiger partial charge in [0.1, 0.15) is 18.7 Å². The van der Waals surface area contributed by atoms with Crippen LogP contribution in [0.2, 0.25) is 0 Å². The Kier molecular flexibility index (Phi) is 6.55. The molecule has 8 nitrogen and oxygen atoms in total. The number of hydrogen-bond acceptors (Lipinski definition) is 5. The molecule has 150 valence electrons. The number of halogens is 2. The Hall–Kier alpha value is -3.27. The highest BCUT2D eigenvalue weighted by molar-refractivity contribution is 9.10. The predicted molar refractivity (Wildman–Crippen MR) is 108 cm³/mol. The zero-order valence-corrected chi connectivity index (χ0v) is 16.9. The number of rotatable bonds is 7. The first-order chi connectivity index (χ1) is 13.9. The van der Waals surface area contributed by atoms with Gasteiger partial charge in [-0.25, -0.2) is 14.1 Å². The molecule has 2 N–H and O–H groups in total. The van der Waals surface area contributed by atoms with Gasteiger partial charge in [-0.05, 0) is 49.4 Å². The lowest BCUT2D eigenvalue weighted by molar-refractivity contribution is -0.119. The summed E-state index contributed by atoms with van der Waals surface area (Å²) in [6, 6.07) is 10.4. The van der Waals surface area contributed by atoms with Crippen molar-refractivity contribution in [1.82, 2.24) is 14.8 Å². The smallest absolute Gasteiger partial charge is 0.262 e. The molecule has 29 heavy (non-hydrogen) atoms. The minimum atomic E-state index is -0.563. The van der Waals surface area contributed by atoms with Crippen LogP contribution in [0.15, 0.2) is 59.6 Å². The van der Waals surface area contributed by atoms with E-state index in [1.165, 1.54) is 29.5 Å². The SMILES string of the molecule is CC(C(=O)Nc1ccc(NC(=O)COc2ccc(Br)cc2F)cc1)n1cncn1. The number of hydrogen-bond donors (Lipinski definition) is 2. The zero-order chi connectivity index (χ0) is 20.8. The summed E-state index contributed by atoms with van der Waals surface area (Å²) in [5, 5.41) is 9.33. The average Bonchev–Trinajstić information content (AvgIpc) is 3.23. The van der Waals surface area contributed by atoms with Gasteiger partial charge >= 0.3 is 0 Å². The molecular weight excluding hydrogens is 445 g/mol. The van der Waals surface area contributed by atoms with Crippen LogP contribution in [0.3, 0.4) is 0 Å². The monoisotopic (exact) mass is 461 g/mol. The second kappa shape index (κ2) is 9.28. The molecule has 1 atom stereocenters. The largest absolute Gasteiger partial charge is 0.481 e. The van der Waals surface area contributed by atoms with Gasteiger partial charge in [0.15, 0.2) is 18.2 Å². The normalized spacial score (nSPS) is 11.6. The number of anilines is 2. The molecule has 0 aliphatic carbocycles. The van der Waals surface area contributed by atoms with Gasteiger partial charge in [-0.2, -0.15) is 5.10 Å². The molecule has 0 radical (unpaired) electrons. The third kappa shape index (κ3) is 5.61. The number of aromatic nitrogens is 3. The second-order valence-corrected chi connectivity index (χ2v) is 6.95. The zero-order valence-electron chi connectivity index (χ0n) is 15.3. The van der Waals surface area contributed by atoms with Crippen molar-refractivity contribution in [2.75, 3.05) is 17.2 Å². The molecule has 0 saturated heterocycles. The van der Waals surface area contributed by atoms with E-state index in [-0.39, 0.29) is 18.3 Å². The fraction of sp³-hybridized carbons (Fsp3) is 0.158. The minimum absolute atomic E-state index is 0.0112. The molecule has 3 aromatic rings. The number of nitrogens with zero attached hydrogens (tertiary/aromatic N) is 3. The molecule has 3 rings (SSSR count). The lowest BCUT2D eigenvalue weighted by Crippen LogP contribution is -2.24. The molecule has 2 amide bonds. The van der Waals surface area contributed by atoms with Gasteiger partial charge in [0.2, 0.25) is 5.91 Å². The van der Waals surface area contributed by atoms with E-state index in [1.54, 1.807) is 37.3 Å². The van der Waals surface area contributed by atoms with Crippen LogP contribution in [-0.2, 0) is 9.59 Å². The van der Waals surface area contributed by atoms with Gasteiger partial charge in [0.05, 0.1) is 0 Å². The Labute approximate surface area is 174 Å². The van der Waals surface area contributed by atoms with E-state index in [0.29, 0.717) is 15.8 Å². The lowest BCUT2D eigenvalue weighted by atomic mass is 10.2. The number of nitrogens with one attached hydrogen (secondary N) is 2. The van der Waals surface area contributed by atoms with Crippen LogP contribution in [0.1, 0.15) is 13.0 Å². The van der Waals surface area contributed by atoms with Gasteiger partial charge in [0.25, 0.3) is 5.91 Å². The molecule has 1 unspecified atom stereocenters. The Morgan fingerprint density at radius 1 is 1.17 bits per heavy atom. The molecule has 0 saturated carbocycles. The molecular formula is C19H17BrFN5O3. The van der Waals surface area contributed by atoms with E-state index < -0.39 is 17.8 Å². The van der Waals surface area contributed by atoms with Crippen LogP contribution in [0, 0.1) is 5.82 Å². The highest BCUT2D eigenvalue weighted by Crippen LogP contribution is 2.21. The van der Waals surface area contributed by atoms with E-state index in [1.807, 2.05) is 0 Å². The van der Waals surface area contributed by atoms with Crippen LogP contribution in [0.4, 0.5) is 15.8 Å². The van der Waals surface area contributed by atoms with Crippen LogP contribution < -0.4 is 15.4 Å². The van der Waals surface area contributed by atoms with Gasteiger partial charge < -0.3 is 15.4 Å². The first kappa shape index (κ1) is 20.5. The van der Waals surface area contributed by atoms with Gasteiger partial charge in [-0.3, -0.25) is 9.59 Å². The van der Waals surface area contributed by atoms with Gasteiger partial charge in [-0.1, -0.05) is 15.9 Å². The maximum Gasteiger partial charge on any atom is 0.262 e. The van der Waals surface area contributed by atoms with Gasteiger partial charge in [0, 0.05) is 15.8 Å².